The summed E-state index contributed by atoms with van der Waals surface area (Å²) in [5, 5.41) is 0. The van der Waals surface area contributed by atoms with Crippen molar-refractivity contribution in [2.45, 2.75) is 51.4 Å². The molecule has 0 bridgehead atoms. The topological polar surface area (TPSA) is 18.5 Å². The SMILES string of the molecule is [B](Oc1ccc2c(c1)CCCC2)Oc1ccc2c(c1)CCCC2. The molecule has 2 nitrogen and oxygen atoms in total. The van der Waals surface area contributed by atoms with Gasteiger partial charge < -0.3 is 9.31 Å². The second-order valence-corrected chi connectivity index (χ2v) is 6.61. The van der Waals surface area contributed by atoms with Crippen LogP contribution in [0.15, 0.2) is 36.4 Å². The lowest BCUT2D eigenvalue weighted by Gasteiger charge is -2.17. The van der Waals surface area contributed by atoms with Crippen LogP contribution in [0.5, 0.6) is 11.5 Å². The van der Waals surface area contributed by atoms with Crippen LogP contribution in [-0.2, 0) is 25.7 Å². The van der Waals surface area contributed by atoms with Crippen molar-refractivity contribution in [1.82, 2.24) is 0 Å². The second kappa shape index (κ2) is 6.70. The molecule has 0 spiro atoms. The van der Waals surface area contributed by atoms with E-state index in [1.54, 1.807) is 0 Å². The number of rotatable bonds is 4. The summed E-state index contributed by atoms with van der Waals surface area (Å²) in [6.45, 7) is 0. The fourth-order valence-corrected chi connectivity index (χ4v) is 3.70. The standard InChI is InChI=1S/C20H22BO2/c1-3-7-17-13-19(11-9-15(17)5-1)22-21-23-20-12-10-16-6-2-4-8-18(16)14-20/h9-14H,1-8H2. The Bertz CT molecular complexity index is 637. The van der Waals surface area contributed by atoms with Gasteiger partial charge in [-0.3, -0.25) is 0 Å². The molecule has 0 unspecified atom stereocenters. The molecule has 0 heterocycles. The van der Waals surface area contributed by atoms with E-state index in [0.29, 0.717) is 0 Å². The zero-order valence-corrected chi connectivity index (χ0v) is 13.5. The van der Waals surface area contributed by atoms with Crippen LogP contribution < -0.4 is 9.31 Å². The molecule has 0 N–H and O–H groups in total. The van der Waals surface area contributed by atoms with Gasteiger partial charge in [0.25, 0.3) is 0 Å². The van der Waals surface area contributed by atoms with Gasteiger partial charge >= 0.3 is 7.69 Å². The first-order valence-corrected chi connectivity index (χ1v) is 8.77. The second-order valence-electron chi connectivity index (χ2n) is 6.61. The lowest BCUT2D eigenvalue weighted by Crippen LogP contribution is -2.12. The summed E-state index contributed by atoms with van der Waals surface area (Å²) in [5.74, 6) is 1.73. The Labute approximate surface area is 139 Å². The fraction of sp³-hybridized carbons (Fsp3) is 0.400. The van der Waals surface area contributed by atoms with Gasteiger partial charge in [-0.05, 0) is 97.9 Å². The van der Waals surface area contributed by atoms with Crippen LogP contribution in [0.1, 0.15) is 47.9 Å². The predicted octanol–water partition coefficient (Wildman–Crippen LogP) is 4.44. The Balaban J connectivity index is 1.36. The quantitative estimate of drug-likeness (QED) is 0.778. The van der Waals surface area contributed by atoms with Gasteiger partial charge in [0.15, 0.2) is 0 Å². The van der Waals surface area contributed by atoms with E-state index in [9.17, 15) is 0 Å². The third-order valence-electron chi connectivity index (χ3n) is 5.01. The summed E-state index contributed by atoms with van der Waals surface area (Å²) in [7, 11) is 1.45. The van der Waals surface area contributed by atoms with Gasteiger partial charge in [-0.2, -0.15) is 0 Å². The fourth-order valence-electron chi connectivity index (χ4n) is 3.70. The van der Waals surface area contributed by atoms with Crippen LogP contribution in [0.2, 0.25) is 0 Å². The van der Waals surface area contributed by atoms with E-state index in [-0.39, 0.29) is 0 Å². The maximum absolute atomic E-state index is 5.67. The van der Waals surface area contributed by atoms with Crippen LogP contribution >= 0.6 is 0 Å². The number of benzene rings is 2. The summed E-state index contributed by atoms with van der Waals surface area (Å²) in [6.07, 6.45) is 9.91. The molecule has 4 rings (SSSR count). The summed E-state index contributed by atoms with van der Waals surface area (Å²) >= 11 is 0. The molecule has 117 valence electrons. The minimum absolute atomic E-state index is 0.864. The molecule has 2 aromatic carbocycles. The molecule has 2 aromatic rings. The Morgan fingerprint density at radius 1 is 0.565 bits per heavy atom. The highest BCUT2D eigenvalue weighted by molar-refractivity contribution is 6.20. The Morgan fingerprint density at radius 3 is 1.48 bits per heavy atom. The Kier molecular flexibility index (Phi) is 4.27. The van der Waals surface area contributed by atoms with Crippen LogP contribution in [0.25, 0.3) is 0 Å². The van der Waals surface area contributed by atoms with Gasteiger partial charge in [0.2, 0.25) is 0 Å². The van der Waals surface area contributed by atoms with Crippen LogP contribution in [-0.4, -0.2) is 7.69 Å². The molecule has 0 atom stereocenters. The van der Waals surface area contributed by atoms with Crippen molar-refractivity contribution < 1.29 is 9.31 Å². The van der Waals surface area contributed by atoms with Gasteiger partial charge in [0, 0.05) is 0 Å². The van der Waals surface area contributed by atoms with Crippen LogP contribution in [0.3, 0.4) is 0 Å². The monoisotopic (exact) mass is 305 g/mol. The van der Waals surface area contributed by atoms with E-state index in [0.717, 1.165) is 24.3 Å². The van der Waals surface area contributed by atoms with Crippen molar-refractivity contribution in [3.8, 4) is 11.5 Å². The highest BCUT2D eigenvalue weighted by atomic mass is 16.6. The summed E-state index contributed by atoms with van der Waals surface area (Å²) in [4.78, 5) is 0. The predicted molar refractivity (Wildman–Crippen MR) is 93.2 cm³/mol. The molecule has 2 aliphatic carbocycles. The number of fused-ring (bicyclic) bond motifs is 2. The molecular weight excluding hydrogens is 283 g/mol. The number of hydrogen-bond acceptors (Lipinski definition) is 2. The number of aryl methyl sites for hydroxylation is 4. The third-order valence-corrected chi connectivity index (χ3v) is 5.01. The molecule has 0 aliphatic heterocycles. The van der Waals surface area contributed by atoms with E-state index < -0.39 is 0 Å². The Hall–Kier alpha value is -1.90. The van der Waals surface area contributed by atoms with E-state index in [1.807, 2.05) is 12.1 Å². The smallest absolute Gasteiger partial charge is 0.526 e. The van der Waals surface area contributed by atoms with E-state index in [1.165, 1.54) is 68.5 Å². The summed E-state index contributed by atoms with van der Waals surface area (Å²) in [6, 6.07) is 12.8. The average molecular weight is 305 g/mol. The first kappa shape index (κ1) is 14.7. The zero-order valence-electron chi connectivity index (χ0n) is 13.5. The van der Waals surface area contributed by atoms with Crippen molar-refractivity contribution in [3.05, 3.63) is 58.7 Å². The molecule has 2 aliphatic rings. The van der Waals surface area contributed by atoms with E-state index in [2.05, 4.69) is 24.3 Å². The van der Waals surface area contributed by atoms with Gasteiger partial charge in [0.1, 0.15) is 11.5 Å². The molecular formula is C20H22BO2. The molecule has 0 saturated heterocycles. The zero-order chi connectivity index (χ0) is 15.5. The molecule has 0 aromatic heterocycles. The highest BCUT2D eigenvalue weighted by Gasteiger charge is 2.12. The van der Waals surface area contributed by atoms with Crippen molar-refractivity contribution in [2.75, 3.05) is 0 Å². The third kappa shape index (κ3) is 3.39. The molecule has 23 heavy (non-hydrogen) atoms. The van der Waals surface area contributed by atoms with Gasteiger partial charge in [-0.25, -0.2) is 0 Å². The average Bonchev–Trinajstić information content (AvgIpc) is 2.61. The lowest BCUT2D eigenvalue weighted by molar-refractivity contribution is 0.457. The van der Waals surface area contributed by atoms with Crippen molar-refractivity contribution in [2.24, 2.45) is 0 Å². The van der Waals surface area contributed by atoms with Crippen molar-refractivity contribution >= 4 is 7.69 Å². The maximum Gasteiger partial charge on any atom is 0.658 e. The van der Waals surface area contributed by atoms with Crippen molar-refractivity contribution in [3.63, 3.8) is 0 Å². The van der Waals surface area contributed by atoms with E-state index >= 15 is 0 Å². The minimum Gasteiger partial charge on any atom is -0.526 e. The van der Waals surface area contributed by atoms with Gasteiger partial charge in [0.05, 0.1) is 0 Å². The minimum atomic E-state index is 0.864. The molecule has 3 heteroatoms. The normalized spacial score (nSPS) is 16.2. The summed E-state index contributed by atoms with van der Waals surface area (Å²) < 4.78 is 11.3. The largest absolute Gasteiger partial charge is 0.658 e. The van der Waals surface area contributed by atoms with Crippen LogP contribution in [0.4, 0.5) is 0 Å². The van der Waals surface area contributed by atoms with Crippen LogP contribution in [0, 0.1) is 0 Å². The Morgan fingerprint density at radius 2 is 1.00 bits per heavy atom. The number of hydrogen-bond donors (Lipinski definition) is 0. The highest BCUT2D eigenvalue weighted by Crippen LogP contribution is 2.27. The molecule has 0 amide bonds. The van der Waals surface area contributed by atoms with Gasteiger partial charge in [-0.1, -0.05) is 12.1 Å². The maximum atomic E-state index is 5.67. The molecule has 0 fully saturated rings. The van der Waals surface area contributed by atoms with E-state index in [4.69, 9.17) is 9.31 Å². The van der Waals surface area contributed by atoms with Gasteiger partial charge in [-0.15, -0.1) is 0 Å². The van der Waals surface area contributed by atoms with Crippen molar-refractivity contribution in [1.29, 1.82) is 0 Å². The first-order chi connectivity index (χ1) is 11.4. The molecule has 1 radical (unpaired) electrons. The first-order valence-electron chi connectivity index (χ1n) is 8.77. The molecule has 0 saturated carbocycles. The summed E-state index contributed by atoms with van der Waals surface area (Å²) in [5.41, 5.74) is 5.80. The lowest BCUT2D eigenvalue weighted by atomic mass is 9.91.